The molecule has 1 aromatic heterocycles. The molecular weight excluding hydrogens is 558 g/mol. The number of likely N-dealkylation sites (tertiary alicyclic amines) is 2. The van der Waals surface area contributed by atoms with Crippen LogP contribution in [0.1, 0.15) is 91.0 Å². The predicted molar refractivity (Wildman–Crippen MR) is 169 cm³/mol. The van der Waals surface area contributed by atoms with E-state index in [1.54, 1.807) is 17.7 Å². The third-order valence-corrected chi connectivity index (χ3v) is 12.6. The molecular formula is C34H49N5O3S. The molecule has 0 radical (unpaired) electrons. The fraction of sp³-hybridized carbons (Fsp3) is 0.676. The van der Waals surface area contributed by atoms with E-state index in [0.29, 0.717) is 35.4 Å². The van der Waals surface area contributed by atoms with E-state index < -0.39 is 10.0 Å². The molecule has 2 saturated heterocycles. The molecule has 9 heteroatoms. The Morgan fingerprint density at radius 2 is 1.67 bits per heavy atom. The first-order valence-electron chi connectivity index (χ1n) is 16.5. The molecule has 2 aromatic rings. The van der Waals surface area contributed by atoms with Crippen LogP contribution in [0, 0.1) is 24.7 Å². The summed E-state index contributed by atoms with van der Waals surface area (Å²) in [5, 5.41) is 0. The van der Waals surface area contributed by atoms with Crippen molar-refractivity contribution in [2.45, 2.75) is 89.1 Å². The van der Waals surface area contributed by atoms with Crippen LogP contribution in [0.4, 0.5) is 0 Å². The van der Waals surface area contributed by atoms with Crippen molar-refractivity contribution in [3.05, 3.63) is 59.2 Å². The molecule has 1 amide bonds. The zero-order valence-electron chi connectivity index (χ0n) is 26.2. The fourth-order valence-corrected chi connectivity index (χ4v) is 9.34. The third-order valence-electron chi connectivity index (χ3n) is 11.3. The summed E-state index contributed by atoms with van der Waals surface area (Å²) < 4.78 is 25.6. The van der Waals surface area contributed by atoms with Crippen molar-refractivity contribution in [2.24, 2.45) is 17.8 Å². The summed E-state index contributed by atoms with van der Waals surface area (Å²) in [5.41, 5.74) is 4.02. The largest absolute Gasteiger partial charge is 0.337 e. The lowest BCUT2D eigenvalue weighted by Crippen LogP contribution is -2.47. The number of hydrogen-bond acceptors (Lipinski definition) is 6. The number of fused-ring (bicyclic) bond motifs is 1. The van der Waals surface area contributed by atoms with Crippen molar-refractivity contribution in [3.63, 3.8) is 0 Å². The van der Waals surface area contributed by atoms with Gasteiger partial charge in [0, 0.05) is 56.6 Å². The average molecular weight is 608 g/mol. The molecule has 2 aliphatic carbocycles. The highest BCUT2D eigenvalue weighted by atomic mass is 32.2. The van der Waals surface area contributed by atoms with Gasteiger partial charge < -0.3 is 4.90 Å². The molecule has 234 valence electrons. The molecule has 8 nitrogen and oxygen atoms in total. The fourth-order valence-electron chi connectivity index (χ4n) is 8.63. The van der Waals surface area contributed by atoms with Gasteiger partial charge in [-0.2, -0.15) is 0 Å². The number of carbonyl (C=O) groups is 1. The standard InChI is InChI=1S/C34H49N5O3S/c1-24-32(13-12-25-8-7-11-27(18-25)26-9-5-4-6-10-26)35-23-36-33(24)34(40)38-16-14-30(15-17-38)39-21-28-19-31(20-29(28)22-39)37(2)43(3,41)42/h4-6,9-10,23,25,27-31H,7-8,11-22H2,1-3H3/t25-,27-,28-,29+,31?/m1/s1. The summed E-state index contributed by atoms with van der Waals surface area (Å²) in [6.45, 7) is 5.66. The molecule has 4 fully saturated rings. The van der Waals surface area contributed by atoms with E-state index in [-0.39, 0.29) is 11.9 Å². The van der Waals surface area contributed by atoms with Crippen LogP contribution in [0.15, 0.2) is 36.7 Å². The van der Waals surface area contributed by atoms with Gasteiger partial charge in [0.1, 0.15) is 12.0 Å². The number of hydrogen-bond donors (Lipinski definition) is 0. The van der Waals surface area contributed by atoms with Crippen LogP contribution in [0.2, 0.25) is 0 Å². The van der Waals surface area contributed by atoms with E-state index in [0.717, 1.165) is 76.0 Å². The van der Waals surface area contributed by atoms with Crippen LogP contribution in [-0.2, 0) is 16.4 Å². The van der Waals surface area contributed by atoms with Crippen LogP contribution in [-0.4, -0.2) is 90.0 Å². The summed E-state index contributed by atoms with van der Waals surface area (Å²) in [7, 11) is -1.41. The van der Waals surface area contributed by atoms with E-state index >= 15 is 0 Å². The van der Waals surface area contributed by atoms with Gasteiger partial charge in [-0.25, -0.2) is 22.7 Å². The Labute approximate surface area is 258 Å². The first-order chi connectivity index (χ1) is 20.7. The highest BCUT2D eigenvalue weighted by Gasteiger charge is 2.45. The van der Waals surface area contributed by atoms with Crippen LogP contribution >= 0.6 is 0 Å². The van der Waals surface area contributed by atoms with E-state index in [9.17, 15) is 13.2 Å². The number of nitrogens with zero attached hydrogens (tertiary/aromatic N) is 5. The van der Waals surface area contributed by atoms with Gasteiger partial charge in [0.05, 0.1) is 6.26 Å². The third kappa shape index (κ3) is 6.84. The molecule has 0 N–H and O–H groups in total. The maximum absolute atomic E-state index is 13.6. The topological polar surface area (TPSA) is 86.7 Å². The predicted octanol–water partition coefficient (Wildman–Crippen LogP) is 4.90. The zero-order valence-corrected chi connectivity index (χ0v) is 27.0. The smallest absolute Gasteiger partial charge is 0.272 e. The number of piperidine rings is 1. The normalized spacial score (nSPS) is 28.8. The number of aryl methyl sites for hydroxylation is 1. The Bertz CT molecular complexity index is 1360. The summed E-state index contributed by atoms with van der Waals surface area (Å²) in [5.74, 6) is 2.56. The number of amides is 1. The monoisotopic (exact) mass is 607 g/mol. The van der Waals surface area contributed by atoms with Crippen molar-refractivity contribution >= 4 is 15.9 Å². The summed E-state index contributed by atoms with van der Waals surface area (Å²) >= 11 is 0. The lowest BCUT2D eigenvalue weighted by atomic mass is 9.76. The van der Waals surface area contributed by atoms with Crippen molar-refractivity contribution in [1.29, 1.82) is 0 Å². The number of rotatable bonds is 8. The number of carbonyl (C=O) groups excluding carboxylic acids is 1. The van der Waals surface area contributed by atoms with E-state index in [1.165, 1.54) is 37.5 Å². The molecule has 6 rings (SSSR count). The average Bonchev–Trinajstić information content (AvgIpc) is 3.60. The SMILES string of the molecule is Cc1c(CC[C@H]2CCC[C@@H](c3ccccc3)C2)ncnc1C(=O)N1CCC(N2C[C@H]3CC(N(C)S(C)(=O)=O)C[C@H]3C2)CC1. The lowest BCUT2D eigenvalue weighted by Gasteiger charge is -2.37. The minimum Gasteiger partial charge on any atom is -0.337 e. The Balaban J connectivity index is 0.991. The van der Waals surface area contributed by atoms with Crippen LogP contribution in [0.25, 0.3) is 0 Å². The van der Waals surface area contributed by atoms with Gasteiger partial charge in [0.15, 0.2) is 0 Å². The highest BCUT2D eigenvalue weighted by Crippen LogP contribution is 2.42. The highest BCUT2D eigenvalue weighted by molar-refractivity contribution is 7.88. The van der Waals surface area contributed by atoms with Crippen molar-refractivity contribution < 1.29 is 13.2 Å². The van der Waals surface area contributed by atoms with Gasteiger partial charge in [-0.15, -0.1) is 0 Å². The van der Waals surface area contributed by atoms with Gasteiger partial charge in [-0.1, -0.05) is 43.2 Å². The second-order valence-corrected chi connectivity index (χ2v) is 15.9. The zero-order chi connectivity index (χ0) is 30.1. The lowest BCUT2D eigenvalue weighted by molar-refractivity contribution is 0.0628. The van der Waals surface area contributed by atoms with Gasteiger partial charge in [0.25, 0.3) is 5.91 Å². The van der Waals surface area contributed by atoms with Crippen LogP contribution in [0.5, 0.6) is 0 Å². The van der Waals surface area contributed by atoms with Gasteiger partial charge in [0.2, 0.25) is 10.0 Å². The Hall–Kier alpha value is -2.36. The molecule has 1 aromatic carbocycles. The summed E-state index contributed by atoms with van der Waals surface area (Å²) in [4.78, 5) is 27.3. The minimum absolute atomic E-state index is 0.0475. The first-order valence-corrected chi connectivity index (χ1v) is 18.3. The van der Waals surface area contributed by atoms with Crippen LogP contribution in [0.3, 0.4) is 0 Å². The maximum Gasteiger partial charge on any atom is 0.272 e. The number of aromatic nitrogens is 2. The van der Waals surface area contributed by atoms with Crippen LogP contribution < -0.4 is 0 Å². The van der Waals surface area contributed by atoms with Gasteiger partial charge in [-0.05, 0) is 87.5 Å². The number of sulfonamides is 1. The molecule has 4 aliphatic rings. The molecule has 2 saturated carbocycles. The van der Waals surface area contributed by atoms with E-state index in [4.69, 9.17) is 0 Å². The Morgan fingerprint density at radius 1 is 0.977 bits per heavy atom. The van der Waals surface area contributed by atoms with Crippen molar-refractivity contribution in [1.82, 2.24) is 24.1 Å². The molecule has 0 bridgehead atoms. The quantitative estimate of drug-likeness (QED) is 0.425. The minimum atomic E-state index is -3.14. The summed E-state index contributed by atoms with van der Waals surface area (Å²) in [6.07, 6.45) is 13.9. The molecule has 5 atom stereocenters. The van der Waals surface area contributed by atoms with Gasteiger partial charge in [-0.3, -0.25) is 9.69 Å². The first kappa shape index (κ1) is 30.7. The Kier molecular flexibility index (Phi) is 9.22. The van der Waals surface area contributed by atoms with Crippen molar-refractivity contribution in [2.75, 3.05) is 39.5 Å². The summed E-state index contributed by atoms with van der Waals surface area (Å²) in [6, 6.07) is 11.6. The molecule has 2 aliphatic heterocycles. The van der Waals surface area contributed by atoms with Gasteiger partial charge >= 0.3 is 0 Å². The molecule has 0 spiro atoms. The molecule has 1 unspecified atom stereocenters. The van der Waals surface area contributed by atoms with Crippen molar-refractivity contribution in [3.8, 4) is 0 Å². The molecule has 3 heterocycles. The second-order valence-electron chi connectivity index (χ2n) is 13.9. The number of benzene rings is 1. The maximum atomic E-state index is 13.6. The Morgan fingerprint density at radius 3 is 2.35 bits per heavy atom. The van der Waals surface area contributed by atoms with E-state index in [2.05, 4.69) is 45.2 Å². The van der Waals surface area contributed by atoms with E-state index in [1.807, 2.05) is 11.8 Å². The second kappa shape index (κ2) is 12.9. The molecule has 43 heavy (non-hydrogen) atoms.